The second kappa shape index (κ2) is 5.87. The third kappa shape index (κ3) is 2.88. The number of hydrogen-bond acceptors (Lipinski definition) is 4. The molecule has 2 rings (SSSR count). The van der Waals surface area contributed by atoms with Gasteiger partial charge in [0.05, 0.1) is 4.47 Å². The number of hydrogen-bond donors (Lipinski definition) is 1. The van der Waals surface area contributed by atoms with Crippen LogP contribution in [-0.2, 0) is 0 Å². The Bertz CT molecular complexity index is 353. The molecule has 1 heterocycles. The van der Waals surface area contributed by atoms with Crippen molar-refractivity contribution in [2.75, 3.05) is 12.4 Å². The molecule has 88 valence electrons. The molecule has 1 aliphatic rings. The predicted octanol–water partition coefficient (Wildman–Crippen LogP) is 3.71. The molecule has 0 aromatic carbocycles. The van der Waals surface area contributed by atoms with E-state index in [-0.39, 0.29) is 0 Å². The van der Waals surface area contributed by atoms with Crippen molar-refractivity contribution in [2.45, 2.75) is 42.4 Å². The lowest BCUT2D eigenvalue weighted by molar-refractivity contribution is 0.515. The molecule has 0 saturated heterocycles. The van der Waals surface area contributed by atoms with Crippen LogP contribution in [0.3, 0.4) is 0 Å². The van der Waals surface area contributed by atoms with Crippen LogP contribution in [0.2, 0.25) is 0 Å². The Hall–Kier alpha value is -0.290. The van der Waals surface area contributed by atoms with Crippen molar-refractivity contribution in [1.29, 1.82) is 0 Å². The van der Waals surface area contributed by atoms with Gasteiger partial charge in [0.2, 0.25) is 0 Å². The van der Waals surface area contributed by atoms with Crippen molar-refractivity contribution in [2.24, 2.45) is 0 Å². The van der Waals surface area contributed by atoms with Crippen LogP contribution >= 0.6 is 27.7 Å². The summed E-state index contributed by atoms with van der Waals surface area (Å²) >= 11 is 5.44. The maximum Gasteiger partial charge on any atom is 0.144 e. The Labute approximate surface area is 109 Å². The van der Waals surface area contributed by atoms with Gasteiger partial charge in [-0.25, -0.2) is 9.97 Å². The maximum absolute atomic E-state index is 4.35. The second-order valence-electron chi connectivity index (χ2n) is 3.97. The van der Waals surface area contributed by atoms with Gasteiger partial charge in [-0.1, -0.05) is 19.3 Å². The Morgan fingerprint density at radius 2 is 2.06 bits per heavy atom. The number of thioether (sulfide) groups is 1. The number of halogens is 1. The number of aromatic nitrogens is 2. The zero-order valence-electron chi connectivity index (χ0n) is 9.37. The number of rotatable bonds is 3. The molecular formula is C11H16BrN3S. The topological polar surface area (TPSA) is 37.8 Å². The summed E-state index contributed by atoms with van der Waals surface area (Å²) in [5.41, 5.74) is 0. The predicted molar refractivity (Wildman–Crippen MR) is 72.0 cm³/mol. The van der Waals surface area contributed by atoms with Crippen molar-refractivity contribution in [3.8, 4) is 0 Å². The highest BCUT2D eigenvalue weighted by atomic mass is 79.9. The Kier molecular flexibility index (Phi) is 4.46. The van der Waals surface area contributed by atoms with Crippen molar-refractivity contribution in [3.05, 3.63) is 10.8 Å². The minimum absolute atomic E-state index is 0.727. The Morgan fingerprint density at radius 3 is 2.75 bits per heavy atom. The summed E-state index contributed by atoms with van der Waals surface area (Å²) in [4.78, 5) is 8.51. The number of nitrogens with zero attached hydrogens (tertiary/aromatic N) is 2. The van der Waals surface area contributed by atoms with E-state index in [1.807, 2.05) is 18.8 Å². The number of nitrogens with one attached hydrogen (secondary N) is 1. The molecule has 16 heavy (non-hydrogen) atoms. The van der Waals surface area contributed by atoms with E-state index >= 15 is 0 Å². The quantitative estimate of drug-likeness (QED) is 0.864. The molecule has 1 aromatic heterocycles. The maximum atomic E-state index is 4.35. The van der Waals surface area contributed by atoms with Crippen LogP contribution in [-0.4, -0.2) is 22.3 Å². The van der Waals surface area contributed by atoms with Crippen LogP contribution in [0.25, 0.3) is 0 Å². The fraction of sp³-hybridized carbons (Fsp3) is 0.636. The van der Waals surface area contributed by atoms with E-state index in [1.54, 1.807) is 6.33 Å². The molecule has 3 nitrogen and oxygen atoms in total. The van der Waals surface area contributed by atoms with Gasteiger partial charge in [0.25, 0.3) is 0 Å². The lowest BCUT2D eigenvalue weighted by Crippen LogP contribution is -2.08. The standard InChI is InChI=1S/C11H16BrN3S/c1-13-10-9(12)11(15-7-14-10)16-8-5-3-2-4-6-8/h7-8H,2-6H2,1H3,(H,13,14,15). The molecule has 0 atom stereocenters. The molecule has 5 heteroatoms. The van der Waals surface area contributed by atoms with Crippen molar-refractivity contribution in [3.63, 3.8) is 0 Å². The molecule has 0 unspecified atom stereocenters. The highest BCUT2D eigenvalue weighted by Gasteiger charge is 2.17. The van der Waals surface area contributed by atoms with Gasteiger partial charge in [-0.05, 0) is 28.8 Å². The second-order valence-corrected chi connectivity index (χ2v) is 6.05. The summed E-state index contributed by atoms with van der Waals surface area (Å²) in [6, 6.07) is 0. The fourth-order valence-electron chi connectivity index (χ4n) is 1.95. The molecular weight excluding hydrogens is 286 g/mol. The summed E-state index contributed by atoms with van der Waals surface area (Å²) in [6.07, 6.45) is 8.37. The van der Waals surface area contributed by atoms with Gasteiger partial charge in [-0.3, -0.25) is 0 Å². The fourth-order valence-corrected chi connectivity index (χ4v) is 3.83. The molecule has 0 spiro atoms. The van der Waals surface area contributed by atoms with Gasteiger partial charge >= 0.3 is 0 Å². The Morgan fingerprint density at radius 1 is 1.31 bits per heavy atom. The van der Waals surface area contributed by atoms with E-state index < -0.39 is 0 Å². The van der Waals surface area contributed by atoms with Gasteiger partial charge < -0.3 is 5.32 Å². The SMILES string of the molecule is CNc1ncnc(SC2CCCCC2)c1Br. The highest BCUT2D eigenvalue weighted by Crippen LogP contribution is 2.37. The van der Waals surface area contributed by atoms with E-state index in [4.69, 9.17) is 0 Å². The van der Waals surface area contributed by atoms with Crippen LogP contribution in [0.4, 0.5) is 5.82 Å². The molecule has 1 saturated carbocycles. The summed E-state index contributed by atoms with van der Waals surface area (Å²) in [7, 11) is 1.88. The third-order valence-electron chi connectivity index (χ3n) is 2.82. The normalized spacial score (nSPS) is 17.4. The molecule has 1 aromatic rings. The summed E-state index contributed by atoms with van der Waals surface area (Å²) in [5.74, 6) is 0.869. The Balaban J connectivity index is 2.08. The van der Waals surface area contributed by atoms with E-state index in [0.717, 1.165) is 20.6 Å². The first-order valence-corrected chi connectivity index (χ1v) is 7.33. The first-order chi connectivity index (χ1) is 7.81. The minimum atomic E-state index is 0.727. The van der Waals surface area contributed by atoms with E-state index in [9.17, 15) is 0 Å². The average molecular weight is 302 g/mol. The van der Waals surface area contributed by atoms with Crippen LogP contribution < -0.4 is 5.32 Å². The monoisotopic (exact) mass is 301 g/mol. The summed E-state index contributed by atoms with van der Waals surface area (Å²) in [5, 5.41) is 4.85. The molecule has 0 aliphatic heterocycles. The zero-order chi connectivity index (χ0) is 11.4. The average Bonchev–Trinajstić information content (AvgIpc) is 2.33. The van der Waals surface area contributed by atoms with Crippen LogP contribution in [0.1, 0.15) is 32.1 Å². The van der Waals surface area contributed by atoms with Crippen molar-refractivity contribution >= 4 is 33.5 Å². The van der Waals surface area contributed by atoms with Crippen LogP contribution in [0.15, 0.2) is 15.8 Å². The summed E-state index contributed by atoms with van der Waals surface area (Å²) in [6.45, 7) is 0. The van der Waals surface area contributed by atoms with Crippen LogP contribution in [0, 0.1) is 0 Å². The molecule has 1 fully saturated rings. The van der Waals surface area contributed by atoms with E-state index in [1.165, 1.54) is 32.1 Å². The van der Waals surface area contributed by atoms with Gasteiger partial charge in [0.15, 0.2) is 0 Å². The lowest BCUT2D eigenvalue weighted by atomic mass is 10.0. The summed E-state index contributed by atoms with van der Waals surface area (Å²) < 4.78 is 0.994. The molecule has 0 bridgehead atoms. The first-order valence-electron chi connectivity index (χ1n) is 5.66. The first kappa shape index (κ1) is 12.2. The molecule has 1 aliphatic carbocycles. The van der Waals surface area contributed by atoms with Gasteiger partial charge in [-0.2, -0.15) is 0 Å². The van der Waals surface area contributed by atoms with E-state index in [0.29, 0.717) is 0 Å². The third-order valence-corrected chi connectivity index (χ3v) is 5.18. The van der Waals surface area contributed by atoms with Gasteiger partial charge in [-0.15, -0.1) is 11.8 Å². The molecule has 0 radical (unpaired) electrons. The zero-order valence-corrected chi connectivity index (χ0v) is 11.8. The minimum Gasteiger partial charge on any atom is -0.372 e. The molecule has 1 N–H and O–H groups in total. The largest absolute Gasteiger partial charge is 0.372 e. The lowest BCUT2D eigenvalue weighted by Gasteiger charge is -2.21. The molecule has 0 amide bonds. The number of anilines is 1. The van der Waals surface area contributed by atoms with Gasteiger partial charge in [0.1, 0.15) is 17.2 Å². The van der Waals surface area contributed by atoms with Crippen molar-refractivity contribution < 1.29 is 0 Å². The van der Waals surface area contributed by atoms with Crippen molar-refractivity contribution in [1.82, 2.24) is 9.97 Å². The van der Waals surface area contributed by atoms with E-state index in [2.05, 4.69) is 31.2 Å². The van der Waals surface area contributed by atoms with Crippen LogP contribution in [0.5, 0.6) is 0 Å². The highest BCUT2D eigenvalue weighted by molar-refractivity contribution is 9.10. The van der Waals surface area contributed by atoms with Gasteiger partial charge in [0, 0.05) is 12.3 Å². The smallest absolute Gasteiger partial charge is 0.144 e.